The van der Waals surface area contributed by atoms with E-state index in [0.717, 1.165) is 0 Å². The molecule has 0 N–H and O–H groups in total. The molecule has 0 aliphatic rings. The number of pyridine rings is 1. The van der Waals surface area contributed by atoms with Gasteiger partial charge in [0.2, 0.25) is 0 Å². The summed E-state index contributed by atoms with van der Waals surface area (Å²) >= 11 is 7.24. The first-order chi connectivity index (χ1) is 6.06. The van der Waals surface area contributed by atoms with E-state index < -0.39 is 12.1 Å². The molecule has 0 saturated heterocycles. The maximum atomic E-state index is 12.3. The smallest absolute Gasteiger partial charge is 0.281 e. The maximum absolute atomic E-state index is 12.3. The van der Waals surface area contributed by atoms with Crippen molar-refractivity contribution >= 4 is 40.5 Å². The van der Waals surface area contributed by atoms with Gasteiger partial charge in [0.15, 0.2) is 6.29 Å². The lowest BCUT2D eigenvalue weighted by molar-refractivity contribution is 0.112. The van der Waals surface area contributed by atoms with Gasteiger partial charge in [-0.1, -0.05) is 11.6 Å². The SMILES string of the molecule is O=Cc1cc(I)nc(C(F)F)c1Cl. The fourth-order valence-electron chi connectivity index (χ4n) is 0.766. The minimum Gasteiger partial charge on any atom is -0.298 e. The van der Waals surface area contributed by atoms with E-state index in [1.54, 1.807) is 22.6 Å². The average molecular weight is 317 g/mol. The number of hydrogen-bond acceptors (Lipinski definition) is 2. The van der Waals surface area contributed by atoms with Crippen molar-refractivity contribution in [2.24, 2.45) is 0 Å². The van der Waals surface area contributed by atoms with Gasteiger partial charge in [-0.05, 0) is 28.7 Å². The molecule has 0 saturated carbocycles. The second-order valence-corrected chi connectivity index (χ2v) is 3.64. The van der Waals surface area contributed by atoms with Crippen LogP contribution in [-0.4, -0.2) is 11.3 Å². The first-order valence-corrected chi connectivity index (χ1v) is 4.61. The van der Waals surface area contributed by atoms with E-state index in [-0.39, 0.29) is 10.6 Å². The summed E-state index contributed by atoms with van der Waals surface area (Å²) < 4.78 is 24.8. The highest BCUT2D eigenvalue weighted by molar-refractivity contribution is 14.1. The zero-order chi connectivity index (χ0) is 10.0. The van der Waals surface area contributed by atoms with Crippen LogP contribution in [0.1, 0.15) is 22.5 Å². The van der Waals surface area contributed by atoms with Crippen LogP contribution < -0.4 is 0 Å². The summed E-state index contributed by atoms with van der Waals surface area (Å²) in [6, 6.07) is 1.35. The maximum Gasteiger partial charge on any atom is 0.281 e. The molecule has 0 aromatic carbocycles. The Morgan fingerprint density at radius 1 is 1.62 bits per heavy atom. The van der Waals surface area contributed by atoms with Crippen LogP contribution in [0.2, 0.25) is 5.02 Å². The molecule has 0 unspecified atom stereocenters. The van der Waals surface area contributed by atoms with Gasteiger partial charge in [-0.15, -0.1) is 0 Å². The summed E-state index contributed by atoms with van der Waals surface area (Å²) in [5.41, 5.74) is -0.507. The van der Waals surface area contributed by atoms with Gasteiger partial charge in [-0.25, -0.2) is 13.8 Å². The van der Waals surface area contributed by atoms with E-state index in [1.807, 2.05) is 0 Å². The largest absolute Gasteiger partial charge is 0.298 e. The predicted molar refractivity (Wildman–Crippen MR) is 52.3 cm³/mol. The van der Waals surface area contributed by atoms with Crippen molar-refractivity contribution in [1.29, 1.82) is 0 Å². The van der Waals surface area contributed by atoms with Crippen molar-refractivity contribution in [2.45, 2.75) is 6.43 Å². The molecule has 70 valence electrons. The van der Waals surface area contributed by atoms with Crippen LogP contribution in [0.25, 0.3) is 0 Å². The van der Waals surface area contributed by atoms with Crippen molar-refractivity contribution in [2.75, 3.05) is 0 Å². The van der Waals surface area contributed by atoms with Gasteiger partial charge >= 0.3 is 0 Å². The molecule has 1 heterocycles. The number of rotatable bonds is 2. The van der Waals surface area contributed by atoms with Crippen LogP contribution in [0.4, 0.5) is 8.78 Å². The topological polar surface area (TPSA) is 30.0 Å². The predicted octanol–water partition coefficient (Wildman–Crippen LogP) is 3.09. The van der Waals surface area contributed by atoms with Gasteiger partial charge in [0.1, 0.15) is 9.39 Å². The van der Waals surface area contributed by atoms with Crippen LogP contribution in [0, 0.1) is 3.70 Å². The molecule has 0 aliphatic heterocycles. The molecule has 1 rings (SSSR count). The second kappa shape index (κ2) is 4.28. The molecule has 0 fully saturated rings. The first-order valence-electron chi connectivity index (χ1n) is 3.15. The van der Waals surface area contributed by atoms with Crippen LogP contribution >= 0.6 is 34.2 Å². The van der Waals surface area contributed by atoms with Crippen molar-refractivity contribution in [3.8, 4) is 0 Å². The molecule has 13 heavy (non-hydrogen) atoms. The fourth-order valence-corrected chi connectivity index (χ4v) is 1.59. The molecule has 6 heteroatoms. The molecule has 1 aromatic heterocycles. The standard InChI is InChI=1S/C7H3ClF2INO/c8-5-3(2-13)1-4(11)12-6(5)7(9)10/h1-2,7H. The highest BCUT2D eigenvalue weighted by Crippen LogP contribution is 2.28. The number of alkyl halides is 2. The Morgan fingerprint density at radius 2 is 2.23 bits per heavy atom. The van der Waals surface area contributed by atoms with Crippen molar-refractivity contribution in [1.82, 2.24) is 4.98 Å². The molecule has 0 bridgehead atoms. The lowest BCUT2D eigenvalue weighted by Crippen LogP contribution is -1.98. The van der Waals surface area contributed by atoms with Crippen LogP contribution in [0.5, 0.6) is 0 Å². The van der Waals surface area contributed by atoms with Crippen molar-refractivity contribution in [3.05, 3.63) is 26.0 Å². The minimum atomic E-state index is -2.76. The molecule has 2 nitrogen and oxygen atoms in total. The Balaban J connectivity index is 3.35. The van der Waals surface area contributed by atoms with Crippen LogP contribution in [-0.2, 0) is 0 Å². The average Bonchev–Trinajstić information content (AvgIpc) is 2.08. The molecule has 0 spiro atoms. The molecule has 0 amide bonds. The van der Waals surface area contributed by atoms with E-state index in [9.17, 15) is 13.6 Å². The fraction of sp³-hybridized carbons (Fsp3) is 0.143. The Morgan fingerprint density at radius 3 is 2.69 bits per heavy atom. The van der Waals surface area contributed by atoms with E-state index in [4.69, 9.17) is 11.6 Å². The highest BCUT2D eigenvalue weighted by atomic mass is 127. The Kier molecular flexibility index (Phi) is 3.55. The normalized spacial score (nSPS) is 10.5. The van der Waals surface area contributed by atoms with Crippen molar-refractivity contribution in [3.63, 3.8) is 0 Å². The van der Waals surface area contributed by atoms with Gasteiger partial charge in [0.05, 0.1) is 5.02 Å². The number of halogens is 4. The number of carbonyl (C=O) groups is 1. The third kappa shape index (κ3) is 2.34. The molecular formula is C7H3ClF2INO. The summed E-state index contributed by atoms with van der Waals surface area (Å²) in [6.45, 7) is 0. The highest BCUT2D eigenvalue weighted by Gasteiger charge is 2.17. The quantitative estimate of drug-likeness (QED) is 0.477. The van der Waals surface area contributed by atoms with Crippen molar-refractivity contribution < 1.29 is 13.6 Å². The third-order valence-corrected chi connectivity index (χ3v) is 2.28. The summed E-state index contributed by atoms with van der Waals surface area (Å²) in [7, 11) is 0. The Labute approximate surface area is 91.4 Å². The summed E-state index contributed by atoms with van der Waals surface area (Å²) in [5.74, 6) is 0. The van der Waals surface area contributed by atoms with Gasteiger partial charge in [-0.3, -0.25) is 4.79 Å². The molecular weight excluding hydrogens is 314 g/mol. The van der Waals surface area contributed by atoms with Gasteiger partial charge in [0, 0.05) is 5.56 Å². The lowest BCUT2D eigenvalue weighted by atomic mass is 10.2. The molecule has 0 atom stereocenters. The number of hydrogen-bond donors (Lipinski definition) is 0. The third-order valence-electron chi connectivity index (χ3n) is 1.31. The van der Waals surface area contributed by atoms with E-state index in [1.165, 1.54) is 6.07 Å². The molecule has 0 aliphatic carbocycles. The molecule has 0 radical (unpaired) electrons. The monoisotopic (exact) mass is 317 g/mol. The number of nitrogens with zero attached hydrogens (tertiary/aromatic N) is 1. The number of aromatic nitrogens is 1. The number of carbonyl (C=O) groups excluding carboxylic acids is 1. The Hall–Kier alpha value is -0.300. The van der Waals surface area contributed by atoms with Gasteiger partial charge < -0.3 is 0 Å². The zero-order valence-corrected chi connectivity index (χ0v) is 9.01. The number of aldehydes is 1. The van der Waals surface area contributed by atoms with Gasteiger partial charge in [-0.2, -0.15) is 0 Å². The minimum absolute atomic E-state index is 0.0383. The summed E-state index contributed by atoms with van der Waals surface area (Å²) in [5, 5.41) is -0.273. The van der Waals surface area contributed by atoms with E-state index >= 15 is 0 Å². The molecule has 1 aromatic rings. The summed E-state index contributed by atoms with van der Waals surface area (Å²) in [6.07, 6.45) is -2.33. The van der Waals surface area contributed by atoms with Crippen LogP contribution in [0.15, 0.2) is 6.07 Å². The van der Waals surface area contributed by atoms with Gasteiger partial charge in [0.25, 0.3) is 6.43 Å². The first kappa shape index (κ1) is 10.8. The summed E-state index contributed by atoms with van der Waals surface area (Å²) in [4.78, 5) is 13.9. The van der Waals surface area contributed by atoms with E-state index in [2.05, 4.69) is 4.98 Å². The Bertz CT molecular complexity index is 346. The lowest BCUT2D eigenvalue weighted by Gasteiger charge is -2.04. The second-order valence-electron chi connectivity index (χ2n) is 2.15. The van der Waals surface area contributed by atoms with Crippen LogP contribution in [0.3, 0.4) is 0 Å². The zero-order valence-electron chi connectivity index (χ0n) is 6.10. The van der Waals surface area contributed by atoms with E-state index in [0.29, 0.717) is 9.99 Å².